The number of amides is 1. The van der Waals surface area contributed by atoms with Crippen LogP contribution in [0.3, 0.4) is 0 Å². The van der Waals surface area contributed by atoms with E-state index >= 15 is 0 Å². The van der Waals surface area contributed by atoms with Crippen LogP contribution in [-0.4, -0.2) is 49.0 Å². The number of piperazine rings is 1. The topological polar surface area (TPSA) is 48.5 Å². The van der Waals surface area contributed by atoms with Crippen molar-refractivity contribution in [3.8, 4) is 0 Å². The van der Waals surface area contributed by atoms with E-state index in [1.165, 1.54) is 17.4 Å². The Kier molecular flexibility index (Phi) is 4.57. The summed E-state index contributed by atoms with van der Waals surface area (Å²) in [5, 5.41) is 3.31. The molecule has 3 aromatic rings. The average Bonchev–Trinajstić information content (AvgIpc) is 3.09. The highest BCUT2D eigenvalue weighted by Crippen LogP contribution is 2.28. The second-order valence-electron chi connectivity index (χ2n) is 6.41. The van der Waals surface area contributed by atoms with Gasteiger partial charge in [-0.05, 0) is 37.4 Å². The minimum Gasteiger partial charge on any atom is -0.354 e. The molecular formula is C19H19FN4OS. The maximum absolute atomic E-state index is 13.8. The van der Waals surface area contributed by atoms with Crippen molar-refractivity contribution in [2.45, 2.75) is 0 Å². The number of benzene rings is 1. The van der Waals surface area contributed by atoms with Crippen LogP contribution in [0.15, 0.2) is 42.6 Å². The molecule has 7 heteroatoms. The van der Waals surface area contributed by atoms with Gasteiger partial charge >= 0.3 is 0 Å². The molecule has 4 rings (SSSR count). The lowest BCUT2D eigenvalue weighted by atomic mass is 10.2. The van der Waals surface area contributed by atoms with Gasteiger partial charge in [-0.15, -0.1) is 11.3 Å². The Morgan fingerprint density at radius 3 is 2.69 bits per heavy atom. The molecule has 1 fully saturated rings. The Morgan fingerprint density at radius 2 is 2.00 bits per heavy atom. The SMILES string of the molecule is CN1CCN(c2ccc(NC(=O)c3cc4c(F)cccc4s3)cn2)CC1. The largest absolute Gasteiger partial charge is 0.354 e. The smallest absolute Gasteiger partial charge is 0.265 e. The zero-order chi connectivity index (χ0) is 18.1. The summed E-state index contributed by atoms with van der Waals surface area (Å²) in [5.74, 6) is 0.357. The number of hydrogen-bond donors (Lipinski definition) is 1. The molecule has 134 valence electrons. The number of nitrogens with one attached hydrogen (secondary N) is 1. The fourth-order valence-electron chi connectivity index (χ4n) is 3.01. The van der Waals surface area contributed by atoms with Gasteiger partial charge in [0, 0.05) is 36.3 Å². The molecule has 1 saturated heterocycles. The van der Waals surface area contributed by atoms with E-state index in [9.17, 15) is 9.18 Å². The number of anilines is 2. The van der Waals surface area contributed by atoms with E-state index in [4.69, 9.17) is 0 Å². The molecule has 3 heterocycles. The monoisotopic (exact) mass is 370 g/mol. The number of fused-ring (bicyclic) bond motifs is 1. The summed E-state index contributed by atoms with van der Waals surface area (Å²) in [6.45, 7) is 3.93. The number of halogens is 1. The maximum Gasteiger partial charge on any atom is 0.265 e. The third-order valence-corrected chi connectivity index (χ3v) is 5.66. The highest BCUT2D eigenvalue weighted by Gasteiger charge is 2.16. The molecule has 0 unspecified atom stereocenters. The van der Waals surface area contributed by atoms with E-state index < -0.39 is 0 Å². The Morgan fingerprint density at radius 1 is 1.19 bits per heavy atom. The quantitative estimate of drug-likeness (QED) is 0.767. The lowest BCUT2D eigenvalue weighted by molar-refractivity contribution is 0.103. The maximum atomic E-state index is 13.8. The van der Waals surface area contributed by atoms with Crippen LogP contribution in [0.5, 0.6) is 0 Å². The number of carbonyl (C=O) groups is 1. The molecule has 5 nitrogen and oxygen atoms in total. The van der Waals surface area contributed by atoms with Gasteiger partial charge in [-0.2, -0.15) is 0 Å². The zero-order valence-corrected chi connectivity index (χ0v) is 15.2. The fraction of sp³-hybridized carbons (Fsp3) is 0.263. The Balaban J connectivity index is 1.46. The molecule has 1 aliphatic heterocycles. The zero-order valence-electron chi connectivity index (χ0n) is 14.4. The van der Waals surface area contributed by atoms with Crippen molar-refractivity contribution in [2.75, 3.05) is 43.4 Å². The molecule has 1 N–H and O–H groups in total. The standard InChI is InChI=1S/C19H19FN4OS/c1-23-7-9-24(10-8-23)18-6-5-13(12-21-18)22-19(25)17-11-14-15(20)3-2-4-16(14)26-17/h2-6,11-12H,7-10H2,1H3,(H,22,25). The highest BCUT2D eigenvalue weighted by molar-refractivity contribution is 7.20. The molecule has 26 heavy (non-hydrogen) atoms. The van der Waals surface area contributed by atoms with Crippen LogP contribution in [0.25, 0.3) is 10.1 Å². The molecule has 0 radical (unpaired) electrons. The van der Waals surface area contributed by atoms with Crippen LogP contribution in [0.2, 0.25) is 0 Å². The second-order valence-corrected chi connectivity index (χ2v) is 7.50. The molecule has 1 amide bonds. The normalized spacial score (nSPS) is 15.4. The van der Waals surface area contributed by atoms with Crippen LogP contribution in [0.1, 0.15) is 9.67 Å². The average molecular weight is 370 g/mol. The van der Waals surface area contributed by atoms with Crippen molar-refractivity contribution in [2.24, 2.45) is 0 Å². The van der Waals surface area contributed by atoms with Crippen molar-refractivity contribution in [3.63, 3.8) is 0 Å². The first kappa shape index (κ1) is 16.9. The third-order valence-electron chi connectivity index (χ3n) is 4.57. The number of nitrogens with zero attached hydrogens (tertiary/aromatic N) is 3. The summed E-state index contributed by atoms with van der Waals surface area (Å²) in [6, 6.07) is 10.2. The van der Waals surface area contributed by atoms with Crippen molar-refractivity contribution < 1.29 is 9.18 Å². The van der Waals surface area contributed by atoms with Crippen LogP contribution in [0, 0.1) is 5.82 Å². The molecule has 2 aromatic heterocycles. The summed E-state index contributed by atoms with van der Waals surface area (Å²) >= 11 is 1.28. The van der Waals surface area contributed by atoms with E-state index in [-0.39, 0.29) is 11.7 Å². The van der Waals surface area contributed by atoms with Crippen LogP contribution < -0.4 is 10.2 Å². The highest BCUT2D eigenvalue weighted by atomic mass is 32.1. The number of likely N-dealkylation sites (N-methyl/N-ethyl adjacent to an activating group) is 1. The minimum atomic E-state index is -0.309. The first-order chi connectivity index (χ1) is 12.6. The van der Waals surface area contributed by atoms with Gasteiger partial charge in [0.05, 0.1) is 16.8 Å². The number of rotatable bonds is 3. The number of pyridine rings is 1. The number of hydrogen-bond acceptors (Lipinski definition) is 5. The second kappa shape index (κ2) is 7.01. The van der Waals surface area contributed by atoms with Gasteiger partial charge in [-0.3, -0.25) is 4.79 Å². The summed E-state index contributed by atoms with van der Waals surface area (Å²) in [7, 11) is 2.11. The number of carbonyl (C=O) groups excluding carboxylic acids is 1. The van der Waals surface area contributed by atoms with E-state index in [1.807, 2.05) is 18.2 Å². The molecule has 0 bridgehead atoms. The van der Waals surface area contributed by atoms with Crippen LogP contribution in [-0.2, 0) is 0 Å². The van der Waals surface area contributed by atoms with Crippen molar-refractivity contribution >= 4 is 38.8 Å². The van der Waals surface area contributed by atoms with Crippen molar-refractivity contribution in [1.82, 2.24) is 9.88 Å². The van der Waals surface area contributed by atoms with Gasteiger partial charge in [0.1, 0.15) is 11.6 Å². The van der Waals surface area contributed by atoms with Gasteiger partial charge in [-0.25, -0.2) is 9.37 Å². The van der Waals surface area contributed by atoms with E-state index in [0.717, 1.165) is 36.7 Å². The molecule has 0 spiro atoms. The summed E-state index contributed by atoms with van der Waals surface area (Å²) in [6.07, 6.45) is 1.67. The lowest BCUT2D eigenvalue weighted by Crippen LogP contribution is -2.44. The molecule has 0 atom stereocenters. The Hall–Kier alpha value is -2.51. The molecule has 1 aliphatic rings. The summed E-state index contributed by atoms with van der Waals surface area (Å²) in [5.41, 5.74) is 0.630. The first-order valence-electron chi connectivity index (χ1n) is 8.49. The lowest BCUT2D eigenvalue weighted by Gasteiger charge is -2.33. The van der Waals surface area contributed by atoms with Gasteiger partial charge in [-0.1, -0.05) is 6.07 Å². The van der Waals surface area contributed by atoms with E-state index in [2.05, 4.69) is 27.1 Å². The van der Waals surface area contributed by atoms with Gasteiger partial charge < -0.3 is 15.1 Å². The van der Waals surface area contributed by atoms with Crippen molar-refractivity contribution in [3.05, 3.63) is 53.3 Å². The number of aromatic nitrogens is 1. The predicted molar refractivity (Wildman–Crippen MR) is 104 cm³/mol. The van der Waals surface area contributed by atoms with Gasteiger partial charge in [0.25, 0.3) is 5.91 Å². The van der Waals surface area contributed by atoms with Crippen molar-refractivity contribution in [1.29, 1.82) is 0 Å². The Bertz CT molecular complexity index is 932. The summed E-state index contributed by atoms with van der Waals surface area (Å²) in [4.78, 5) is 21.9. The van der Waals surface area contributed by atoms with Gasteiger partial charge in [0.15, 0.2) is 0 Å². The van der Waals surface area contributed by atoms with Crippen LogP contribution in [0.4, 0.5) is 15.9 Å². The van der Waals surface area contributed by atoms with E-state index in [0.29, 0.717) is 16.0 Å². The molecule has 0 saturated carbocycles. The number of thiophene rings is 1. The van der Waals surface area contributed by atoms with Gasteiger partial charge in [0.2, 0.25) is 0 Å². The Labute approximate surface area is 155 Å². The predicted octanol–water partition coefficient (Wildman–Crippen LogP) is 3.44. The fourth-order valence-corrected chi connectivity index (χ4v) is 3.98. The molecular weight excluding hydrogens is 351 g/mol. The third kappa shape index (κ3) is 3.40. The molecule has 1 aromatic carbocycles. The minimum absolute atomic E-state index is 0.250. The van der Waals surface area contributed by atoms with Crippen LogP contribution >= 0.6 is 11.3 Å². The first-order valence-corrected chi connectivity index (χ1v) is 9.31. The molecule has 0 aliphatic carbocycles. The summed E-state index contributed by atoms with van der Waals surface area (Å²) < 4.78 is 14.6. The van der Waals surface area contributed by atoms with E-state index in [1.54, 1.807) is 18.3 Å².